The van der Waals surface area contributed by atoms with Crippen LogP contribution >= 0.6 is 0 Å². The van der Waals surface area contributed by atoms with Crippen LogP contribution in [0.1, 0.15) is 12.0 Å². The van der Waals surface area contributed by atoms with E-state index >= 15 is 0 Å². The van der Waals surface area contributed by atoms with E-state index < -0.39 is 0 Å². The molecule has 0 radical (unpaired) electrons. The number of nitrogens with two attached hydrogens (primary N) is 1. The number of methoxy groups -OCH3 is 1. The van der Waals surface area contributed by atoms with Gasteiger partial charge in [-0.2, -0.15) is 0 Å². The smallest absolute Gasteiger partial charge is 0.165 e. The van der Waals surface area contributed by atoms with Gasteiger partial charge in [-0.3, -0.25) is 0 Å². The Hall–Kier alpha value is -1.35. The lowest BCUT2D eigenvalue weighted by molar-refractivity contribution is 0.385. The van der Waals surface area contributed by atoms with Gasteiger partial charge in [-0.1, -0.05) is 18.7 Å². The summed E-state index contributed by atoms with van der Waals surface area (Å²) in [4.78, 5) is 0. The zero-order valence-corrected chi connectivity index (χ0v) is 8.22. The van der Waals surface area contributed by atoms with Crippen molar-refractivity contribution < 1.29 is 9.13 Å². The quantitative estimate of drug-likeness (QED) is 0.799. The average Bonchev–Trinajstić information content (AvgIpc) is 2.17. The van der Waals surface area contributed by atoms with Crippen LogP contribution in [0.4, 0.5) is 4.39 Å². The largest absolute Gasteiger partial charge is 0.493 e. The van der Waals surface area contributed by atoms with Crippen molar-refractivity contribution in [2.75, 3.05) is 13.7 Å². The Kier molecular flexibility index (Phi) is 3.65. The number of rotatable bonds is 4. The highest BCUT2D eigenvalue weighted by Gasteiger charge is 2.10. The van der Waals surface area contributed by atoms with E-state index in [4.69, 9.17) is 10.5 Å². The molecule has 2 nitrogen and oxygen atoms in total. The molecule has 76 valence electrons. The van der Waals surface area contributed by atoms with Crippen molar-refractivity contribution in [3.05, 3.63) is 36.2 Å². The van der Waals surface area contributed by atoms with Gasteiger partial charge in [0.15, 0.2) is 11.6 Å². The van der Waals surface area contributed by atoms with Crippen LogP contribution in [0.3, 0.4) is 0 Å². The molecule has 0 amide bonds. The van der Waals surface area contributed by atoms with Gasteiger partial charge < -0.3 is 10.5 Å². The molecule has 1 rings (SSSR count). The summed E-state index contributed by atoms with van der Waals surface area (Å²) in [7, 11) is 1.44. The van der Waals surface area contributed by atoms with E-state index in [0.29, 0.717) is 18.5 Å². The summed E-state index contributed by atoms with van der Waals surface area (Å²) in [5.41, 5.74) is 6.89. The second kappa shape index (κ2) is 4.77. The molecule has 0 saturated heterocycles. The molecule has 2 N–H and O–H groups in total. The highest BCUT2D eigenvalue weighted by Crippen LogP contribution is 2.28. The Balaban J connectivity index is 3.07. The Morgan fingerprint density at radius 2 is 2.29 bits per heavy atom. The number of ether oxygens (including phenoxy) is 1. The first-order chi connectivity index (χ1) is 6.70. The molecule has 0 saturated carbocycles. The van der Waals surface area contributed by atoms with Crippen LogP contribution in [-0.2, 0) is 0 Å². The van der Waals surface area contributed by atoms with Crippen LogP contribution < -0.4 is 10.5 Å². The summed E-state index contributed by atoms with van der Waals surface area (Å²) in [5.74, 6) is -0.130. The SMILES string of the molecule is C=C(CCN)c1cccc(F)c1OC. The highest BCUT2D eigenvalue weighted by molar-refractivity contribution is 5.69. The van der Waals surface area contributed by atoms with E-state index in [1.54, 1.807) is 12.1 Å². The molecular weight excluding hydrogens is 181 g/mol. The van der Waals surface area contributed by atoms with E-state index in [0.717, 1.165) is 5.57 Å². The van der Waals surface area contributed by atoms with Crippen molar-refractivity contribution in [3.8, 4) is 5.75 Å². The van der Waals surface area contributed by atoms with Crippen molar-refractivity contribution >= 4 is 5.57 Å². The van der Waals surface area contributed by atoms with Crippen molar-refractivity contribution in [3.63, 3.8) is 0 Å². The fraction of sp³-hybridized carbons (Fsp3) is 0.273. The first-order valence-electron chi connectivity index (χ1n) is 4.41. The molecule has 0 atom stereocenters. The molecule has 1 aromatic carbocycles. The molecule has 0 unspecified atom stereocenters. The van der Waals surface area contributed by atoms with E-state index in [9.17, 15) is 4.39 Å². The number of benzene rings is 1. The normalized spacial score (nSPS) is 9.93. The predicted octanol–water partition coefficient (Wildman–Crippen LogP) is 2.20. The summed E-state index contributed by atoms with van der Waals surface area (Å²) in [6.07, 6.45) is 0.639. The third-order valence-electron chi connectivity index (χ3n) is 2.00. The average molecular weight is 195 g/mol. The molecular formula is C11H14FNO. The monoisotopic (exact) mass is 195 g/mol. The second-order valence-electron chi connectivity index (χ2n) is 2.96. The van der Waals surface area contributed by atoms with Crippen LogP contribution in [-0.4, -0.2) is 13.7 Å². The molecule has 0 bridgehead atoms. The first-order valence-corrected chi connectivity index (χ1v) is 4.41. The van der Waals surface area contributed by atoms with Crippen LogP contribution in [0.5, 0.6) is 5.75 Å². The summed E-state index contributed by atoms with van der Waals surface area (Å²) in [5, 5.41) is 0. The fourth-order valence-corrected chi connectivity index (χ4v) is 1.30. The lowest BCUT2D eigenvalue weighted by Gasteiger charge is -2.10. The third-order valence-corrected chi connectivity index (χ3v) is 2.00. The maximum atomic E-state index is 13.3. The Morgan fingerprint density at radius 1 is 1.57 bits per heavy atom. The van der Waals surface area contributed by atoms with E-state index in [1.807, 2.05) is 0 Å². The van der Waals surface area contributed by atoms with Gasteiger partial charge in [-0.15, -0.1) is 0 Å². The number of hydrogen-bond donors (Lipinski definition) is 1. The molecule has 0 aliphatic carbocycles. The predicted molar refractivity (Wildman–Crippen MR) is 55.7 cm³/mol. The van der Waals surface area contributed by atoms with E-state index in [-0.39, 0.29) is 11.6 Å². The van der Waals surface area contributed by atoms with E-state index in [2.05, 4.69) is 6.58 Å². The first kappa shape index (κ1) is 10.7. The zero-order chi connectivity index (χ0) is 10.6. The minimum Gasteiger partial charge on any atom is -0.493 e. The Bertz CT molecular complexity index is 336. The molecule has 0 aliphatic rings. The molecule has 0 spiro atoms. The molecule has 14 heavy (non-hydrogen) atoms. The van der Waals surface area contributed by atoms with Crippen LogP contribution in [0.15, 0.2) is 24.8 Å². The highest BCUT2D eigenvalue weighted by atomic mass is 19.1. The van der Waals surface area contributed by atoms with Crippen LogP contribution in [0.25, 0.3) is 5.57 Å². The van der Waals surface area contributed by atoms with Gasteiger partial charge in [0.2, 0.25) is 0 Å². The van der Waals surface area contributed by atoms with Crippen molar-refractivity contribution in [1.29, 1.82) is 0 Å². The van der Waals surface area contributed by atoms with Crippen LogP contribution in [0, 0.1) is 5.82 Å². The Morgan fingerprint density at radius 3 is 2.86 bits per heavy atom. The van der Waals surface area contributed by atoms with Gasteiger partial charge in [0.25, 0.3) is 0 Å². The van der Waals surface area contributed by atoms with Gasteiger partial charge in [0.05, 0.1) is 7.11 Å². The van der Waals surface area contributed by atoms with Gasteiger partial charge in [0.1, 0.15) is 0 Å². The standard InChI is InChI=1S/C11H14FNO/c1-8(6-7-13)9-4-3-5-10(12)11(9)14-2/h3-5H,1,6-7,13H2,2H3. The lowest BCUT2D eigenvalue weighted by atomic mass is 10.0. The number of halogens is 1. The fourth-order valence-electron chi connectivity index (χ4n) is 1.30. The zero-order valence-electron chi connectivity index (χ0n) is 8.22. The summed E-state index contributed by atoms with van der Waals surface area (Å²) in [6.45, 7) is 4.34. The maximum absolute atomic E-state index is 13.3. The molecule has 0 heterocycles. The summed E-state index contributed by atoms with van der Waals surface area (Å²) >= 11 is 0. The topological polar surface area (TPSA) is 35.2 Å². The third kappa shape index (κ3) is 2.12. The minimum absolute atomic E-state index is 0.242. The van der Waals surface area contributed by atoms with Gasteiger partial charge in [0, 0.05) is 5.56 Å². The summed E-state index contributed by atoms with van der Waals surface area (Å²) in [6, 6.07) is 4.77. The molecule has 1 aromatic rings. The maximum Gasteiger partial charge on any atom is 0.165 e. The molecule has 0 fully saturated rings. The van der Waals surface area contributed by atoms with Crippen molar-refractivity contribution in [2.45, 2.75) is 6.42 Å². The van der Waals surface area contributed by atoms with Crippen LogP contribution in [0.2, 0.25) is 0 Å². The van der Waals surface area contributed by atoms with Gasteiger partial charge >= 0.3 is 0 Å². The number of para-hydroxylation sites is 1. The summed E-state index contributed by atoms with van der Waals surface area (Å²) < 4.78 is 18.2. The van der Waals surface area contributed by atoms with Gasteiger partial charge in [-0.05, 0) is 24.6 Å². The number of hydrogen-bond acceptors (Lipinski definition) is 2. The second-order valence-corrected chi connectivity index (χ2v) is 2.96. The molecule has 0 aliphatic heterocycles. The molecule has 3 heteroatoms. The minimum atomic E-state index is -0.372. The van der Waals surface area contributed by atoms with E-state index in [1.165, 1.54) is 13.2 Å². The van der Waals surface area contributed by atoms with Crippen molar-refractivity contribution in [1.82, 2.24) is 0 Å². The van der Waals surface area contributed by atoms with Crippen molar-refractivity contribution in [2.24, 2.45) is 5.73 Å². The van der Waals surface area contributed by atoms with Gasteiger partial charge in [-0.25, -0.2) is 4.39 Å². The molecule has 0 aromatic heterocycles. The lowest BCUT2D eigenvalue weighted by Crippen LogP contribution is -2.01. The Labute approximate surface area is 83.2 Å².